The zero-order valence-corrected chi connectivity index (χ0v) is 14.5. The third-order valence-electron chi connectivity index (χ3n) is 3.36. The Morgan fingerprint density at radius 3 is 2.58 bits per heavy atom. The van der Waals surface area contributed by atoms with Crippen molar-refractivity contribution in [1.29, 1.82) is 0 Å². The number of aliphatic hydroxyl groups is 1. The molecule has 1 aliphatic rings. The first kappa shape index (κ1) is 18.6. The second kappa shape index (κ2) is 8.91. The van der Waals surface area contributed by atoms with Crippen molar-refractivity contribution in [3.63, 3.8) is 0 Å². The Morgan fingerprint density at radius 2 is 2.00 bits per heavy atom. The van der Waals surface area contributed by atoms with Crippen LogP contribution in [0.5, 0.6) is 0 Å². The SMILES string of the molecule is O=C1CN(CC(=O)N(CCO)CCSc2ccc(Cl)cc2)C(=O)N1. The first-order valence-electron chi connectivity index (χ1n) is 7.35. The molecule has 1 aromatic carbocycles. The Kier molecular flexibility index (Phi) is 6.89. The van der Waals surface area contributed by atoms with Crippen LogP contribution in [0.3, 0.4) is 0 Å². The average Bonchev–Trinajstić information content (AvgIpc) is 2.86. The van der Waals surface area contributed by atoms with Crippen molar-refractivity contribution in [2.75, 3.05) is 38.5 Å². The van der Waals surface area contributed by atoms with Gasteiger partial charge in [-0.2, -0.15) is 0 Å². The highest BCUT2D eigenvalue weighted by atomic mass is 35.5. The molecule has 1 saturated heterocycles. The zero-order valence-electron chi connectivity index (χ0n) is 12.9. The number of amides is 4. The molecule has 1 aromatic rings. The third-order valence-corrected chi connectivity index (χ3v) is 4.60. The number of carbonyl (C=O) groups is 3. The normalized spacial score (nSPS) is 14.0. The highest BCUT2D eigenvalue weighted by molar-refractivity contribution is 7.99. The maximum atomic E-state index is 12.3. The standard InChI is InChI=1S/C15H18ClN3O4S/c16-11-1-3-12(4-2-11)24-8-6-18(5-7-20)14(22)10-19-9-13(21)17-15(19)23/h1-4,20H,5-10H2,(H,17,21,23). The Morgan fingerprint density at radius 1 is 1.29 bits per heavy atom. The van der Waals surface area contributed by atoms with Crippen LogP contribution in [0.1, 0.15) is 0 Å². The number of hydrogen-bond donors (Lipinski definition) is 2. The summed E-state index contributed by atoms with van der Waals surface area (Å²) in [7, 11) is 0. The number of aliphatic hydroxyl groups excluding tert-OH is 1. The van der Waals surface area contributed by atoms with Crippen molar-refractivity contribution < 1.29 is 19.5 Å². The van der Waals surface area contributed by atoms with Crippen LogP contribution in [0.15, 0.2) is 29.2 Å². The Balaban J connectivity index is 1.83. The van der Waals surface area contributed by atoms with Crippen LogP contribution < -0.4 is 5.32 Å². The van der Waals surface area contributed by atoms with Crippen LogP contribution in [-0.2, 0) is 9.59 Å². The van der Waals surface area contributed by atoms with Gasteiger partial charge in [-0.3, -0.25) is 14.9 Å². The predicted octanol–water partition coefficient (Wildman–Crippen LogP) is 0.805. The molecule has 0 saturated carbocycles. The molecule has 7 nitrogen and oxygen atoms in total. The van der Waals surface area contributed by atoms with Crippen LogP contribution in [0, 0.1) is 0 Å². The number of benzene rings is 1. The van der Waals surface area contributed by atoms with Crippen LogP contribution in [0.2, 0.25) is 5.02 Å². The Hall–Kier alpha value is -1.77. The number of nitrogens with zero attached hydrogens (tertiary/aromatic N) is 2. The number of urea groups is 1. The minimum Gasteiger partial charge on any atom is -0.395 e. The van der Waals surface area contributed by atoms with Gasteiger partial charge in [-0.1, -0.05) is 11.6 Å². The quantitative estimate of drug-likeness (QED) is 0.521. The van der Waals surface area contributed by atoms with Gasteiger partial charge in [0, 0.05) is 28.8 Å². The van der Waals surface area contributed by atoms with Gasteiger partial charge in [-0.05, 0) is 24.3 Å². The number of imide groups is 1. The van der Waals surface area contributed by atoms with E-state index in [0.717, 1.165) is 9.80 Å². The lowest BCUT2D eigenvalue weighted by atomic mass is 10.4. The van der Waals surface area contributed by atoms with E-state index in [-0.39, 0.29) is 32.1 Å². The molecule has 0 aliphatic carbocycles. The summed E-state index contributed by atoms with van der Waals surface area (Å²) in [5.74, 6) is -0.0798. The summed E-state index contributed by atoms with van der Waals surface area (Å²) >= 11 is 7.39. The lowest BCUT2D eigenvalue weighted by Gasteiger charge is -2.24. The summed E-state index contributed by atoms with van der Waals surface area (Å²) in [5.41, 5.74) is 0. The molecule has 0 spiro atoms. The van der Waals surface area contributed by atoms with Crippen molar-refractivity contribution in [2.24, 2.45) is 0 Å². The van der Waals surface area contributed by atoms with Crippen LogP contribution in [0.25, 0.3) is 0 Å². The van der Waals surface area contributed by atoms with Gasteiger partial charge in [0.25, 0.3) is 0 Å². The lowest BCUT2D eigenvalue weighted by Crippen LogP contribution is -2.43. The average molecular weight is 372 g/mol. The molecule has 130 valence electrons. The van der Waals surface area contributed by atoms with Gasteiger partial charge in [0.15, 0.2) is 0 Å². The smallest absolute Gasteiger partial charge is 0.325 e. The van der Waals surface area contributed by atoms with Gasteiger partial charge in [-0.15, -0.1) is 11.8 Å². The largest absolute Gasteiger partial charge is 0.395 e. The van der Waals surface area contributed by atoms with Crippen molar-refractivity contribution in [3.05, 3.63) is 29.3 Å². The van der Waals surface area contributed by atoms with E-state index >= 15 is 0 Å². The van der Waals surface area contributed by atoms with Gasteiger partial charge in [0.05, 0.1) is 6.61 Å². The van der Waals surface area contributed by atoms with Gasteiger partial charge in [0.1, 0.15) is 13.1 Å². The molecule has 0 atom stereocenters. The van der Waals surface area contributed by atoms with Crippen molar-refractivity contribution in [1.82, 2.24) is 15.1 Å². The fourth-order valence-corrected chi connectivity index (χ4v) is 3.16. The molecule has 0 radical (unpaired) electrons. The molecule has 24 heavy (non-hydrogen) atoms. The third kappa shape index (κ3) is 5.40. The molecule has 9 heteroatoms. The number of thioether (sulfide) groups is 1. The topological polar surface area (TPSA) is 90.0 Å². The second-order valence-corrected chi connectivity index (χ2v) is 6.72. The molecule has 2 rings (SSSR count). The molecule has 2 N–H and O–H groups in total. The second-order valence-electron chi connectivity index (χ2n) is 5.12. The summed E-state index contributed by atoms with van der Waals surface area (Å²) in [5, 5.41) is 11.9. The first-order valence-corrected chi connectivity index (χ1v) is 8.71. The summed E-state index contributed by atoms with van der Waals surface area (Å²) in [6.07, 6.45) is 0. The number of nitrogens with one attached hydrogen (secondary N) is 1. The zero-order chi connectivity index (χ0) is 17.5. The van der Waals surface area contributed by atoms with E-state index in [4.69, 9.17) is 16.7 Å². The van der Waals surface area contributed by atoms with Crippen molar-refractivity contribution >= 4 is 41.2 Å². The van der Waals surface area contributed by atoms with E-state index in [1.807, 2.05) is 12.1 Å². The number of carbonyl (C=O) groups excluding carboxylic acids is 3. The molecule has 1 aliphatic heterocycles. The minimum atomic E-state index is -0.562. The molecule has 0 aromatic heterocycles. The molecular formula is C15H18ClN3O4S. The lowest BCUT2D eigenvalue weighted by molar-refractivity contribution is -0.132. The molecule has 0 bridgehead atoms. The van der Waals surface area contributed by atoms with Crippen LogP contribution in [0.4, 0.5) is 4.79 Å². The molecule has 4 amide bonds. The number of halogens is 1. The highest BCUT2D eigenvalue weighted by Crippen LogP contribution is 2.20. The molecule has 0 unspecified atom stereocenters. The van der Waals surface area contributed by atoms with Gasteiger partial charge < -0.3 is 14.9 Å². The summed E-state index contributed by atoms with van der Waals surface area (Å²) < 4.78 is 0. The monoisotopic (exact) mass is 371 g/mol. The number of rotatable bonds is 8. The number of hydrogen-bond acceptors (Lipinski definition) is 5. The Bertz CT molecular complexity index is 611. The highest BCUT2D eigenvalue weighted by Gasteiger charge is 2.29. The maximum Gasteiger partial charge on any atom is 0.325 e. The Labute approximate surface area is 148 Å². The van der Waals surface area contributed by atoms with Crippen LogP contribution in [-0.4, -0.2) is 71.3 Å². The fourth-order valence-electron chi connectivity index (χ4n) is 2.16. The van der Waals surface area contributed by atoms with Gasteiger partial charge >= 0.3 is 6.03 Å². The van der Waals surface area contributed by atoms with E-state index < -0.39 is 11.9 Å². The van der Waals surface area contributed by atoms with E-state index in [2.05, 4.69) is 5.32 Å². The van der Waals surface area contributed by atoms with Gasteiger partial charge in [0.2, 0.25) is 11.8 Å². The van der Waals surface area contributed by atoms with E-state index in [9.17, 15) is 14.4 Å². The van der Waals surface area contributed by atoms with Crippen molar-refractivity contribution in [2.45, 2.75) is 4.90 Å². The first-order chi connectivity index (χ1) is 11.5. The van der Waals surface area contributed by atoms with E-state index in [0.29, 0.717) is 17.3 Å². The maximum absolute atomic E-state index is 12.3. The summed E-state index contributed by atoms with van der Waals surface area (Å²) in [4.78, 5) is 38.6. The predicted molar refractivity (Wildman–Crippen MR) is 91.0 cm³/mol. The minimum absolute atomic E-state index is 0.114. The molecular weight excluding hydrogens is 354 g/mol. The summed E-state index contributed by atoms with van der Waals surface area (Å²) in [6.45, 7) is 0.155. The van der Waals surface area contributed by atoms with E-state index in [1.165, 1.54) is 4.90 Å². The van der Waals surface area contributed by atoms with Crippen molar-refractivity contribution in [3.8, 4) is 0 Å². The molecule has 1 heterocycles. The van der Waals surface area contributed by atoms with Gasteiger partial charge in [-0.25, -0.2) is 4.79 Å². The van der Waals surface area contributed by atoms with E-state index in [1.54, 1.807) is 23.9 Å². The molecule has 1 fully saturated rings. The van der Waals surface area contributed by atoms with Crippen LogP contribution >= 0.6 is 23.4 Å². The fraction of sp³-hybridized carbons (Fsp3) is 0.400. The summed E-state index contributed by atoms with van der Waals surface area (Å²) in [6, 6.07) is 6.82.